The molecular weight excluding hydrogens is 407 g/mol. The Labute approximate surface area is 178 Å². The van der Waals surface area contributed by atoms with Gasteiger partial charge in [0.05, 0.1) is 17.8 Å². The first-order chi connectivity index (χ1) is 14.9. The van der Waals surface area contributed by atoms with Crippen LogP contribution in [0.4, 0.5) is 13.2 Å². The Bertz CT molecular complexity index is 1100. The first-order valence-electron chi connectivity index (χ1n) is 10.4. The number of alkyl halides is 3. The highest BCUT2D eigenvalue weighted by Gasteiger charge is 2.34. The maximum absolute atomic E-state index is 13.4. The Morgan fingerprint density at radius 1 is 1.10 bits per heavy atom. The predicted octanol–water partition coefficient (Wildman–Crippen LogP) is 4.06. The molecule has 3 aromatic heterocycles. The second kappa shape index (κ2) is 9.55. The Balaban J connectivity index is 0.00000132. The summed E-state index contributed by atoms with van der Waals surface area (Å²) in [6.45, 7) is 7.10. The smallest absolute Gasteiger partial charge is 0.317 e. The van der Waals surface area contributed by atoms with Crippen LogP contribution in [0.1, 0.15) is 55.0 Å². The third-order valence-corrected chi connectivity index (χ3v) is 5.42. The number of nitrogens with one attached hydrogen (secondary N) is 1. The lowest BCUT2D eigenvalue weighted by atomic mass is 9.88. The molecule has 0 atom stereocenters. The van der Waals surface area contributed by atoms with Gasteiger partial charge in [0, 0.05) is 24.2 Å². The summed E-state index contributed by atoms with van der Waals surface area (Å²) >= 11 is 0. The molecule has 4 heterocycles. The van der Waals surface area contributed by atoms with E-state index in [1.165, 1.54) is 29.2 Å². The van der Waals surface area contributed by atoms with Crippen LogP contribution in [0.25, 0.3) is 11.2 Å². The molecule has 1 aliphatic rings. The van der Waals surface area contributed by atoms with Gasteiger partial charge in [0.25, 0.3) is 5.56 Å². The van der Waals surface area contributed by atoms with Crippen molar-refractivity contribution in [3.63, 3.8) is 0 Å². The van der Waals surface area contributed by atoms with Crippen LogP contribution in [0, 0.1) is 6.92 Å². The summed E-state index contributed by atoms with van der Waals surface area (Å²) in [7, 11) is 0. The molecule has 0 unspecified atom stereocenters. The molecule has 3 aromatic rings. The zero-order chi connectivity index (χ0) is 22.6. The van der Waals surface area contributed by atoms with Crippen molar-refractivity contribution in [3.05, 3.63) is 63.5 Å². The number of aryl methyl sites for hydroxylation is 1. The quantitative estimate of drug-likeness (QED) is 0.675. The second-order valence-electron chi connectivity index (χ2n) is 7.18. The zero-order valence-electron chi connectivity index (χ0n) is 17.8. The third kappa shape index (κ3) is 4.61. The first kappa shape index (κ1) is 22.9. The van der Waals surface area contributed by atoms with Crippen molar-refractivity contribution in [2.45, 2.75) is 52.3 Å². The van der Waals surface area contributed by atoms with E-state index in [2.05, 4.69) is 20.3 Å². The Morgan fingerprint density at radius 2 is 1.77 bits per heavy atom. The lowest BCUT2D eigenvalue weighted by molar-refractivity contribution is -0.138. The summed E-state index contributed by atoms with van der Waals surface area (Å²) in [5.41, 5.74) is 0.780. The van der Waals surface area contributed by atoms with Crippen molar-refractivity contribution in [2.75, 3.05) is 13.1 Å². The SMILES string of the molecule is CC.Cc1c(C2CCNCC2)c(=O)n(Cc2ncccc2C(F)(F)F)c2nccnc12. The van der Waals surface area contributed by atoms with Gasteiger partial charge in [0.1, 0.15) is 5.52 Å². The molecule has 1 fully saturated rings. The normalized spacial score (nSPS) is 14.9. The summed E-state index contributed by atoms with van der Waals surface area (Å²) < 4.78 is 41.6. The number of nitrogens with zero attached hydrogens (tertiary/aromatic N) is 4. The van der Waals surface area contributed by atoms with Gasteiger partial charge in [-0.25, -0.2) is 4.98 Å². The average molecular weight is 433 g/mol. The molecule has 0 spiro atoms. The van der Waals surface area contributed by atoms with E-state index < -0.39 is 11.7 Å². The van der Waals surface area contributed by atoms with E-state index in [9.17, 15) is 18.0 Å². The van der Waals surface area contributed by atoms with E-state index in [4.69, 9.17) is 0 Å². The van der Waals surface area contributed by atoms with Gasteiger partial charge >= 0.3 is 6.18 Å². The monoisotopic (exact) mass is 433 g/mol. The van der Waals surface area contributed by atoms with Gasteiger partial charge in [-0.05, 0) is 56.5 Å². The number of hydrogen-bond donors (Lipinski definition) is 1. The van der Waals surface area contributed by atoms with Crippen molar-refractivity contribution in [1.29, 1.82) is 0 Å². The van der Waals surface area contributed by atoms with Gasteiger partial charge in [-0.1, -0.05) is 13.8 Å². The molecule has 0 amide bonds. The molecule has 1 saturated heterocycles. The van der Waals surface area contributed by atoms with Crippen molar-refractivity contribution in [1.82, 2.24) is 24.8 Å². The van der Waals surface area contributed by atoms with Gasteiger partial charge in [-0.15, -0.1) is 0 Å². The molecule has 4 rings (SSSR count). The van der Waals surface area contributed by atoms with E-state index >= 15 is 0 Å². The standard InChI is InChI=1S/C20H20F3N5O.C2H6/c1-12-16(13-4-7-24-8-5-13)19(29)28(18-17(12)26-9-10-27-18)11-15-14(20(21,22)23)3-2-6-25-15;1-2/h2-3,6,9-10,13,24H,4-5,7-8,11H2,1H3;1-2H3. The van der Waals surface area contributed by atoms with Gasteiger partial charge in [-0.2, -0.15) is 13.2 Å². The fourth-order valence-electron chi connectivity index (χ4n) is 4.03. The van der Waals surface area contributed by atoms with Gasteiger partial charge in [-0.3, -0.25) is 19.3 Å². The topological polar surface area (TPSA) is 72.7 Å². The molecule has 1 N–H and O–H groups in total. The van der Waals surface area contributed by atoms with Gasteiger partial charge in [0.2, 0.25) is 0 Å². The van der Waals surface area contributed by atoms with E-state index in [0.717, 1.165) is 37.6 Å². The van der Waals surface area contributed by atoms with Crippen LogP contribution in [0.2, 0.25) is 0 Å². The maximum Gasteiger partial charge on any atom is 0.418 e. The number of halogens is 3. The molecule has 31 heavy (non-hydrogen) atoms. The Kier molecular flexibility index (Phi) is 7.04. The number of piperidine rings is 1. The highest BCUT2D eigenvalue weighted by Crippen LogP contribution is 2.32. The molecule has 0 aliphatic carbocycles. The second-order valence-corrected chi connectivity index (χ2v) is 7.18. The number of aromatic nitrogens is 4. The third-order valence-electron chi connectivity index (χ3n) is 5.42. The highest BCUT2D eigenvalue weighted by atomic mass is 19.4. The van der Waals surface area contributed by atoms with Crippen molar-refractivity contribution in [3.8, 4) is 0 Å². The minimum Gasteiger partial charge on any atom is -0.317 e. The molecule has 0 saturated carbocycles. The van der Waals surface area contributed by atoms with Crippen LogP contribution in [0.15, 0.2) is 35.5 Å². The van der Waals surface area contributed by atoms with Crippen molar-refractivity contribution < 1.29 is 13.2 Å². The molecule has 6 nitrogen and oxygen atoms in total. The number of hydrogen-bond acceptors (Lipinski definition) is 5. The largest absolute Gasteiger partial charge is 0.418 e. The van der Waals surface area contributed by atoms with Crippen molar-refractivity contribution in [2.24, 2.45) is 0 Å². The van der Waals surface area contributed by atoms with E-state index in [1.807, 2.05) is 20.8 Å². The first-order valence-corrected chi connectivity index (χ1v) is 10.4. The van der Waals surface area contributed by atoms with Gasteiger partial charge in [0.15, 0.2) is 5.65 Å². The summed E-state index contributed by atoms with van der Waals surface area (Å²) in [6, 6.07) is 2.21. The molecule has 0 radical (unpaired) electrons. The van der Waals surface area contributed by atoms with Crippen LogP contribution in [0.5, 0.6) is 0 Å². The molecule has 166 valence electrons. The summed E-state index contributed by atoms with van der Waals surface area (Å²) in [5, 5.41) is 3.27. The number of rotatable bonds is 3. The molecule has 0 aromatic carbocycles. The van der Waals surface area contributed by atoms with Gasteiger partial charge < -0.3 is 5.32 Å². The fourth-order valence-corrected chi connectivity index (χ4v) is 4.03. The minimum absolute atomic E-state index is 0.0345. The highest BCUT2D eigenvalue weighted by molar-refractivity contribution is 5.75. The Morgan fingerprint density at radius 3 is 2.45 bits per heavy atom. The van der Waals surface area contributed by atoms with Crippen LogP contribution >= 0.6 is 0 Å². The summed E-state index contributed by atoms with van der Waals surface area (Å²) in [5.74, 6) is 0.0345. The van der Waals surface area contributed by atoms with Crippen LogP contribution in [-0.4, -0.2) is 32.6 Å². The number of pyridine rings is 2. The molecule has 0 bridgehead atoms. The zero-order valence-corrected chi connectivity index (χ0v) is 17.8. The molecular formula is C22H26F3N5O. The molecule has 1 aliphatic heterocycles. The van der Waals surface area contributed by atoms with Crippen LogP contribution < -0.4 is 10.9 Å². The molecule has 9 heteroatoms. The maximum atomic E-state index is 13.4. The lowest BCUT2D eigenvalue weighted by Crippen LogP contribution is -2.34. The lowest BCUT2D eigenvalue weighted by Gasteiger charge is -2.25. The minimum atomic E-state index is -4.56. The average Bonchev–Trinajstić information content (AvgIpc) is 2.78. The predicted molar refractivity (Wildman–Crippen MR) is 113 cm³/mol. The van der Waals surface area contributed by atoms with E-state index in [0.29, 0.717) is 11.1 Å². The summed E-state index contributed by atoms with van der Waals surface area (Å²) in [4.78, 5) is 26.0. The summed E-state index contributed by atoms with van der Waals surface area (Å²) in [6.07, 6.45) is 1.28. The number of fused-ring (bicyclic) bond motifs is 1. The Hall–Kier alpha value is -2.81. The van der Waals surface area contributed by atoms with E-state index in [1.54, 1.807) is 0 Å². The van der Waals surface area contributed by atoms with Crippen LogP contribution in [-0.2, 0) is 12.7 Å². The van der Waals surface area contributed by atoms with Crippen molar-refractivity contribution >= 4 is 11.2 Å². The van der Waals surface area contributed by atoms with Crippen LogP contribution in [0.3, 0.4) is 0 Å². The fraction of sp³-hybridized carbons (Fsp3) is 0.455. The van der Waals surface area contributed by atoms with E-state index in [-0.39, 0.29) is 29.4 Å².